The van der Waals surface area contributed by atoms with Crippen LogP contribution in [0.3, 0.4) is 0 Å². The molecule has 6 heteroatoms. The van der Waals surface area contributed by atoms with Crippen molar-refractivity contribution in [3.63, 3.8) is 0 Å². The van der Waals surface area contributed by atoms with Crippen LogP contribution in [0.15, 0.2) is 18.2 Å². The van der Waals surface area contributed by atoms with Crippen molar-refractivity contribution in [1.82, 2.24) is 9.88 Å². The number of nitrogens with two attached hydrogens (primary N) is 1. The fourth-order valence-corrected chi connectivity index (χ4v) is 1.55. The van der Waals surface area contributed by atoms with E-state index in [0.717, 1.165) is 0 Å². The third-order valence-electron chi connectivity index (χ3n) is 2.44. The minimum absolute atomic E-state index is 0.249. The number of hydrogen-bond donors (Lipinski definition) is 2. The second-order valence-corrected chi connectivity index (χ2v) is 3.77. The standard InChI is InChI=1S/C10H13N3O3/c11-8-2-1-3-9(12-8)16-6-7-4-13(5-7)10(14)15/h1-3,7H,4-6H2,(H2,11,12)(H,14,15). The molecule has 1 aromatic heterocycles. The molecule has 6 nitrogen and oxygen atoms in total. The van der Waals surface area contributed by atoms with E-state index in [2.05, 4.69) is 4.98 Å². The smallest absolute Gasteiger partial charge is 0.407 e. The van der Waals surface area contributed by atoms with Crippen molar-refractivity contribution in [3.8, 4) is 5.88 Å². The van der Waals surface area contributed by atoms with Crippen LogP contribution in [0, 0.1) is 5.92 Å². The lowest BCUT2D eigenvalue weighted by Crippen LogP contribution is -2.51. The molecule has 1 aliphatic heterocycles. The van der Waals surface area contributed by atoms with Crippen molar-refractivity contribution < 1.29 is 14.6 Å². The number of ether oxygens (including phenoxy) is 1. The van der Waals surface area contributed by atoms with E-state index in [-0.39, 0.29) is 5.92 Å². The maximum Gasteiger partial charge on any atom is 0.407 e. The van der Waals surface area contributed by atoms with E-state index in [1.807, 2.05) is 0 Å². The van der Waals surface area contributed by atoms with Gasteiger partial charge in [-0.05, 0) is 6.07 Å². The van der Waals surface area contributed by atoms with Crippen LogP contribution in [-0.4, -0.2) is 40.8 Å². The zero-order valence-electron chi connectivity index (χ0n) is 8.67. The quantitative estimate of drug-likeness (QED) is 0.785. The normalized spacial score (nSPS) is 15.6. The molecule has 1 amide bonds. The summed E-state index contributed by atoms with van der Waals surface area (Å²) in [5.74, 6) is 1.14. The monoisotopic (exact) mass is 223 g/mol. The molecule has 1 aliphatic rings. The first-order valence-electron chi connectivity index (χ1n) is 4.98. The van der Waals surface area contributed by atoms with Crippen LogP contribution in [0.4, 0.5) is 10.6 Å². The molecular formula is C10H13N3O3. The van der Waals surface area contributed by atoms with Crippen molar-refractivity contribution in [2.45, 2.75) is 0 Å². The number of amides is 1. The van der Waals surface area contributed by atoms with Crippen molar-refractivity contribution >= 4 is 11.9 Å². The molecule has 0 bridgehead atoms. The van der Waals surface area contributed by atoms with Crippen molar-refractivity contribution in [3.05, 3.63) is 18.2 Å². The van der Waals surface area contributed by atoms with Crippen LogP contribution in [-0.2, 0) is 0 Å². The molecule has 0 aliphatic carbocycles. The summed E-state index contributed by atoms with van der Waals surface area (Å²) in [5.41, 5.74) is 5.50. The van der Waals surface area contributed by atoms with Crippen LogP contribution in [0.25, 0.3) is 0 Å². The maximum atomic E-state index is 10.5. The van der Waals surface area contributed by atoms with E-state index in [4.69, 9.17) is 15.6 Å². The van der Waals surface area contributed by atoms with Gasteiger partial charge >= 0.3 is 6.09 Å². The molecule has 3 N–H and O–H groups in total. The molecule has 0 atom stereocenters. The van der Waals surface area contributed by atoms with Gasteiger partial charge in [0.05, 0.1) is 6.61 Å². The summed E-state index contributed by atoms with van der Waals surface area (Å²) in [6.45, 7) is 1.52. The van der Waals surface area contributed by atoms with Crippen LogP contribution in [0.5, 0.6) is 5.88 Å². The Kier molecular flexibility index (Phi) is 2.80. The summed E-state index contributed by atoms with van der Waals surface area (Å²) in [4.78, 5) is 15.8. The summed E-state index contributed by atoms with van der Waals surface area (Å²) in [7, 11) is 0. The lowest BCUT2D eigenvalue weighted by Gasteiger charge is -2.36. The maximum absolute atomic E-state index is 10.5. The summed E-state index contributed by atoms with van der Waals surface area (Å²) in [6.07, 6.45) is -0.877. The molecular weight excluding hydrogens is 210 g/mol. The molecule has 0 aromatic carbocycles. The number of nitrogens with zero attached hydrogens (tertiary/aromatic N) is 2. The molecule has 1 aromatic rings. The van der Waals surface area contributed by atoms with Crippen LogP contribution >= 0.6 is 0 Å². The number of nitrogen functional groups attached to an aromatic ring is 1. The highest BCUT2D eigenvalue weighted by Gasteiger charge is 2.30. The van der Waals surface area contributed by atoms with E-state index < -0.39 is 6.09 Å². The molecule has 86 valence electrons. The van der Waals surface area contributed by atoms with Gasteiger partial charge in [0.15, 0.2) is 0 Å². The fraction of sp³-hybridized carbons (Fsp3) is 0.400. The Hall–Kier alpha value is -1.98. The van der Waals surface area contributed by atoms with E-state index in [0.29, 0.717) is 31.4 Å². The minimum Gasteiger partial charge on any atom is -0.477 e. The number of carbonyl (C=O) groups is 1. The van der Waals surface area contributed by atoms with Gasteiger partial charge < -0.3 is 20.5 Å². The van der Waals surface area contributed by atoms with Crippen LogP contribution in [0.2, 0.25) is 0 Å². The van der Waals surface area contributed by atoms with E-state index in [9.17, 15) is 4.79 Å². The number of carboxylic acid groups (broad SMARTS) is 1. The Labute approximate surface area is 92.6 Å². The first-order valence-corrected chi connectivity index (χ1v) is 4.98. The highest BCUT2D eigenvalue weighted by atomic mass is 16.5. The van der Waals surface area contributed by atoms with Gasteiger partial charge in [-0.25, -0.2) is 4.79 Å². The fourth-order valence-electron chi connectivity index (χ4n) is 1.55. The number of anilines is 1. The first-order chi connectivity index (χ1) is 7.65. The second kappa shape index (κ2) is 4.26. The lowest BCUT2D eigenvalue weighted by atomic mass is 10.0. The Bertz CT molecular complexity index is 391. The highest BCUT2D eigenvalue weighted by molar-refractivity contribution is 5.66. The molecule has 2 heterocycles. The van der Waals surface area contributed by atoms with Crippen LogP contribution < -0.4 is 10.5 Å². The Morgan fingerprint density at radius 3 is 3.00 bits per heavy atom. The molecule has 16 heavy (non-hydrogen) atoms. The zero-order chi connectivity index (χ0) is 11.5. The van der Waals surface area contributed by atoms with Gasteiger partial charge in [0.25, 0.3) is 0 Å². The molecule has 0 unspecified atom stereocenters. The predicted octanol–water partition coefficient (Wildman–Crippen LogP) is 0.652. The molecule has 2 rings (SSSR count). The SMILES string of the molecule is Nc1cccc(OCC2CN(C(=O)O)C2)n1. The number of pyridine rings is 1. The molecule has 0 radical (unpaired) electrons. The minimum atomic E-state index is -0.877. The van der Waals surface area contributed by atoms with Crippen molar-refractivity contribution in [2.75, 3.05) is 25.4 Å². The van der Waals surface area contributed by atoms with Gasteiger partial charge in [0.2, 0.25) is 5.88 Å². The average molecular weight is 223 g/mol. The van der Waals surface area contributed by atoms with Crippen molar-refractivity contribution in [2.24, 2.45) is 5.92 Å². The van der Waals surface area contributed by atoms with E-state index in [1.165, 1.54) is 4.90 Å². The summed E-state index contributed by atoms with van der Waals surface area (Å²) < 4.78 is 5.41. The second-order valence-electron chi connectivity index (χ2n) is 3.77. The summed E-state index contributed by atoms with van der Waals surface area (Å²) in [6, 6.07) is 5.17. The number of hydrogen-bond acceptors (Lipinski definition) is 4. The van der Waals surface area contributed by atoms with E-state index in [1.54, 1.807) is 18.2 Å². The summed E-state index contributed by atoms with van der Waals surface area (Å²) in [5, 5.41) is 8.63. The van der Waals surface area contributed by atoms with Gasteiger partial charge in [-0.15, -0.1) is 0 Å². The first kappa shape index (κ1) is 10.5. The molecule has 0 spiro atoms. The Balaban J connectivity index is 1.75. The van der Waals surface area contributed by atoms with Gasteiger partial charge in [-0.1, -0.05) is 6.07 Å². The third-order valence-corrected chi connectivity index (χ3v) is 2.44. The summed E-state index contributed by atoms with van der Waals surface area (Å²) >= 11 is 0. The number of rotatable bonds is 3. The van der Waals surface area contributed by atoms with Gasteiger partial charge in [-0.2, -0.15) is 4.98 Å². The average Bonchev–Trinajstić information content (AvgIpc) is 2.14. The predicted molar refractivity (Wildman–Crippen MR) is 57.2 cm³/mol. The van der Waals surface area contributed by atoms with Gasteiger partial charge in [-0.3, -0.25) is 0 Å². The Morgan fingerprint density at radius 1 is 1.62 bits per heavy atom. The van der Waals surface area contributed by atoms with Crippen molar-refractivity contribution in [1.29, 1.82) is 0 Å². The third kappa shape index (κ3) is 2.33. The molecule has 1 fully saturated rings. The largest absolute Gasteiger partial charge is 0.477 e. The topological polar surface area (TPSA) is 88.7 Å². The Morgan fingerprint density at radius 2 is 2.38 bits per heavy atom. The molecule has 1 saturated heterocycles. The molecule has 0 saturated carbocycles. The zero-order valence-corrected chi connectivity index (χ0v) is 8.67. The number of aromatic nitrogens is 1. The lowest BCUT2D eigenvalue weighted by molar-refractivity contribution is 0.0576. The number of likely N-dealkylation sites (tertiary alicyclic amines) is 1. The highest BCUT2D eigenvalue weighted by Crippen LogP contribution is 2.17. The van der Waals surface area contributed by atoms with Crippen LogP contribution in [0.1, 0.15) is 0 Å². The van der Waals surface area contributed by atoms with Gasteiger partial charge in [0, 0.05) is 25.1 Å². The van der Waals surface area contributed by atoms with E-state index >= 15 is 0 Å². The van der Waals surface area contributed by atoms with Gasteiger partial charge in [0.1, 0.15) is 5.82 Å².